The minimum Gasteiger partial charge on any atom is -0.393 e. The van der Waals surface area contributed by atoms with E-state index in [-0.39, 0.29) is 6.10 Å². The molecule has 0 radical (unpaired) electrons. The van der Waals surface area contributed by atoms with Gasteiger partial charge in [-0.05, 0) is 38.8 Å². The Kier molecular flexibility index (Phi) is 4.19. The van der Waals surface area contributed by atoms with E-state index in [2.05, 4.69) is 9.88 Å². The van der Waals surface area contributed by atoms with Crippen LogP contribution in [0, 0.1) is 5.92 Å². The van der Waals surface area contributed by atoms with Crippen molar-refractivity contribution in [2.24, 2.45) is 5.92 Å². The van der Waals surface area contributed by atoms with Crippen LogP contribution in [0.15, 0.2) is 6.20 Å². The van der Waals surface area contributed by atoms with Crippen LogP contribution < -0.4 is 0 Å². The highest BCUT2D eigenvalue weighted by molar-refractivity contribution is 7.15. The predicted octanol–water partition coefficient (Wildman–Crippen LogP) is 2.39. The lowest BCUT2D eigenvalue weighted by atomic mass is 9.92. The molecule has 1 aliphatic rings. The Morgan fingerprint density at radius 1 is 1.62 bits per heavy atom. The first-order valence-corrected chi connectivity index (χ1v) is 6.85. The third-order valence-electron chi connectivity index (χ3n) is 3.22. The van der Waals surface area contributed by atoms with Gasteiger partial charge < -0.3 is 5.11 Å². The van der Waals surface area contributed by atoms with Crippen molar-refractivity contribution >= 4 is 22.9 Å². The summed E-state index contributed by atoms with van der Waals surface area (Å²) in [7, 11) is 0. The number of aliphatic hydroxyl groups excluding tert-OH is 1. The molecular formula is C11H17ClN2OS. The minimum absolute atomic E-state index is 0.167. The fourth-order valence-corrected chi connectivity index (χ4v) is 3.19. The quantitative estimate of drug-likeness (QED) is 0.907. The van der Waals surface area contributed by atoms with Crippen LogP contribution in [0.5, 0.6) is 0 Å². The minimum atomic E-state index is -0.167. The average molecular weight is 261 g/mol. The molecule has 0 amide bonds. The lowest BCUT2D eigenvalue weighted by Gasteiger charge is -2.32. The molecule has 0 spiro atoms. The summed E-state index contributed by atoms with van der Waals surface area (Å²) >= 11 is 7.35. The molecule has 0 bridgehead atoms. The van der Waals surface area contributed by atoms with Crippen molar-refractivity contribution in [2.45, 2.75) is 32.4 Å². The van der Waals surface area contributed by atoms with Crippen LogP contribution in [0.2, 0.25) is 4.47 Å². The lowest BCUT2D eigenvalue weighted by Crippen LogP contribution is -2.36. The topological polar surface area (TPSA) is 36.4 Å². The summed E-state index contributed by atoms with van der Waals surface area (Å²) in [5.41, 5.74) is 0. The second-order valence-electron chi connectivity index (χ2n) is 4.43. The molecule has 2 rings (SSSR count). The number of piperidine rings is 1. The van der Waals surface area contributed by atoms with Gasteiger partial charge in [0.1, 0.15) is 0 Å². The third kappa shape index (κ3) is 3.17. The fraction of sp³-hybridized carbons (Fsp3) is 0.727. The van der Waals surface area contributed by atoms with Crippen LogP contribution in [-0.2, 0) is 6.54 Å². The summed E-state index contributed by atoms with van der Waals surface area (Å²) in [5, 5.41) is 9.51. The van der Waals surface area contributed by atoms with Gasteiger partial charge in [0.05, 0.1) is 6.10 Å². The summed E-state index contributed by atoms with van der Waals surface area (Å²) in [4.78, 5) is 7.67. The Morgan fingerprint density at radius 3 is 2.81 bits per heavy atom. The number of hydrogen-bond donors (Lipinski definition) is 1. The van der Waals surface area contributed by atoms with E-state index in [1.54, 1.807) is 11.3 Å². The van der Waals surface area contributed by atoms with E-state index in [4.69, 9.17) is 11.6 Å². The van der Waals surface area contributed by atoms with Gasteiger partial charge in [-0.25, -0.2) is 4.98 Å². The SMILES string of the molecule is CC(O)C1CCN(Cc2cnc(Cl)s2)CC1. The van der Waals surface area contributed by atoms with E-state index in [0.29, 0.717) is 10.4 Å². The summed E-state index contributed by atoms with van der Waals surface area (Å²) < 4.78 is 0.619. The number of nitrogens with zero attached hydrogens (tertiary/aromatic N) is 2. The van der Waals surface area contributed by atoms with E-state index < -0.39 is 0 Å². The highest BCUT2D eigenvalue weighted by atomic mass is 35.5. The molecule has 1 saturated heterocycles. The largest absolute Gasteiger partial charge is 0.393 e. The standard InChI is InChI=1S/C11H17ClN2OS/c1-8(15)9-2-4-14(5-3-9)7-10-6-13-11(12)16-10/h6,8-9,15H,2-5,7H2,1H3. The van der Waals surface area contributed by atoms with Crippen molar-refractivity contribution in [3.8, 4) is 0 Å². The highest BCUT2D eigenvalue weighted by Gasteiger charge is 2.22. The molecule has 1 atom stereocenters. The Morgan fingerprint density at radius 2 is 2.31 bits per heavy atom. The molecule has 1 aromatic heterocycles. The molecule has 1 aliphatic heterocycles. The summed E-state index contributed by atoms with van der Waals surface area (Å²) in [5.74, 6) is 0.473. The first kappa shape index (κ1) is 12.3. The molecule has 2 heterocycles. The maximum Gasteiger partial charge on any atom is 0.183 e. The van der Waals surface area contributed by atoms with Gasteiger partial charge in [0.2, 0.25) is 0 Å². The van der Waals surface area contributed by atoms with E-state index in [0.717, 1.165) is 32.5 Å². The smallest absolute Gasteiger partial charge is 0.183 e. The normalized spacial score (nSPS) is 21.2. The monoisotopic (exact) mass is 260 g/mol. The van der Waals surface area contributed by atoms with Crippen molar-refractivity contribution < 1.29 is 5.11 Å². The van der Waals surface area contributed by atoms with Crippen molar-refractivity contribution in [2.75, 3.05) is 13.1 Å². The van der Waals surface area contributed by atoms with Crippen LogP contribution in [-0.4, -0.2) is 34.2 Å². The van der Waals surface area contributed by atoms with E-state index in [1.165, 1.54) is 4.88 Å². The summed E-state index contributed by atoms with van der Waals surface area (Å²) in [6, 6.07) is 0. The van der Waals surface area contributed by atoms with Gasteiger partial charge in [-0.1, -0.05) is 11.6 Å². The molecular weight excluding hydrogens is 244 g/mol. The van der Waals surface area contributed by atoms with Crippen molar-refractivity contribution in [3.05, 3.63) is 15.5 Å². The molecule has 5 heteroatoms. The number of hydrogen-bond acceptors (Lipinski definition) is 4. The molecule has 0 aliphatic carbocycles. The molecule has 0 saturated carbocycles. The van der Waals surface area contributed by atoms with Crippen LogP contribution in [0.3, 0.4) is 0 Å². The molecule has 16 heavy (non-hydrogen) atoms. The van der Waals surface area contributed by atoms with E-state index in [1.807, 2.05) is 13.1 Å². The number of likely N-dealkylation sites (tertiary alicyclic amines) is 1. The number of rotatable bonds is 3. The Balaban J connectivity index is 1.81. The maximum absolute atomic E-state index is 9.51. The molecule has 1 N–H and O–H groups in total. The van der Waals surface area contributed by atoms with Crippen LogP contribution in [0.25, 0.3) is 0 Å². The number of thiazole rings is 1. The lowest BCUT2D eigenvalue weighted by molar-refractivity contribution is 0.0698. The van der Waals surface area contributed by atoms with Gasteiger partial charge >= 0.3 is 0 Å². The molecule has 0 aromatic carbocycles. The number of aliphatic hydroxyl groups is 1. The Bertz CT molecular complexity index is 334. The van der Waals surface area contributed by atoms with Crippen molar-refractivity contribution in [1.82, 2.24) is 9.88 Å². The van der Waals surface area contributed by atoms with Gasteiger partial charge in [-0.15, -0.1) is 11.3 Å². The van der Waals surface area contributed by atoms with E-state index >= 15 is 0 Å². The molecule has 1 fully saturated rings. The van der Waals surface area contributed by atoms with Crippen LogP contribution >= 0.6 is 22.9 Å². The Labute approximate surface area is 105 Å². The number of halogens is 1. The third-order valence-corrected chi connectivity index (χ3v) is 4.32. The molecule has 3 nitrogen and oxygen atoms in total. The van der Waals surface area contributed by atoms with Gasteiger partial charge in [0, 0.05) is 17.6 Å². The van der Waals surface area contributed by atoms with Crippen LogP contribution in [0.1, 0.15) is 24.6 Å². The van der Waals surface area contributed by atoms with Crippen molar-refractivity contribution in [1.29, 1.82) is 0 Å². The molecule has 1 unspecified atom stereocenters. The zero-order valence-corrected chi connectivity index (χ0v) is 11.0. The zero-order chi connectivity index (χ0) is 11.5. The van der Waals surface area contributed by atoms with Crippen LogP contribution in [0.4, 0.5) is 0 Å². The van der Waals surface area contributed by atoms with Gasteiger partial charge in [-0.3, -0.25) is 4.90 Å². The highest BCUT2D eigenvalue weighted by Crippen LogP contribution is 2.24. The van der Waals surface area contributed by atoms with Gasteiger partial charge in [0.25, 0.3) is 0 Å². The average Bonchev–Trinajstić information content (AvgIpc) is 2.65. The van der Waals surface area contributed by atoms with Gasteiger partial charge in [0.15, 0.2) is 4.47 Å². The molecule has 1 aromatic rings. The summed E-state index contributed by atoms with van der Waals surface area (Å²) in [6.07, 6.45) is 3.86. The first-order chi connectivity index (χ1) is 7.65. The van der Waals surface area contributed by atoms with Crippen molar-refractivity contribution in [3.63, 3.8) is 0 Å². The predicted molar refractivity (Wildman–Crippen MR) is 66.8 cm³/mol. The second-order valence-corrected chi connectivity index (χ2v) is 6.13. The van der Waals surface area contributed by atoms with Gasteiger partial charge in [-0.2, -0.15) is 0 Å². The van der Waals surface area contributed by atoms with E-state index in [9.17, 15) is 5.11 Å². The second kappa shape index (κ2) is 5.45. The number of aromatic nitrogens is 1. The Hall–Kier alpha value is -0.160. The summed E-state index contributed by atoms with van der Waals surface area (Å²) in [6.45, 7) is 4.95. The molecule has 90 valence electrons. The fourth-order valence-electron chi connectivity index (χ4n) is 2.17. The first-order valence-electron chi connectivity index (χ1n) is 5.66. The maximum atomic E-state index is 9.51. The zero-order valence-electron chi connectivity index (χ0n) is 9.40.